The number of sulfone groups is 1. The first-order valence-electron chi connectivity index (χ1n) is 5.08. The predicted molar refractivity (Wildman–Crippen MR) is 72.0 cm³/mol. The number of hydrogen-bond acceptors (Lipinski definition) is 6. The summed E-state index contributed by atoms with van der Waals surface area (Å²) in [6.45, 7) is 1.62. The van der Waals surface area contributed by atoms with Crippen molar-refractivity contribution in [3.63, 3.8) is 0 Å². The Bertz CT molecular complexity index is 674. The zero-order valence-corrected chi connectivity index (χ0v) is 12.7. The van der Waals surface area contributed by atoms with Gasteiger partial charge in [-0.3, -0.25) is 4.79 Å². The van der Waals surface area contributed by atoms with Gasteiger partial charge in [-0.2, -0.15) is 0 Å². The fraction of sp³-hybridized carbons (Fsp3) is 0.444. The third kappa shape index (κ3) is 5.27. The predicted octanol–water partition coefficient (Wildman–Crippen LogP) is -0.383. The van der Waals surface area contributed by atoms with E-state index < -0.39 is 37.6 Å². The fourth-order valence-electron chi connectivity index (χ4n) is 1.31. The molecular formula is C9H14N2O5S3. The largest absolute Gasteiger partial charge is 0.348 e. The molecule has 0 fully saturated rings. The Labute approximate surface area is 115 Å². The maximum absolute atomic E-state index is 11.4. The molecule has 1 rings (SSSR count). The summed E-state index contributed by atoms with van der Waals surface area (Å²) in [6.07, 6.45) is 0.960. The van der Waals surface area contributed by atoms with Gasteiger partial charge in [0.15, 0.2) is 9.84 Å². The second-order valence-corrected chi connectivity index (χ2v) is 9.10. The van der Waals surface area contributed by atoms with Crippen molar-refractivity contribution in [1.82, 2.24) is 5.32 Å². The van der Waals surface area contributed by atoms with Gasteiger partial charge in [0.1, 0.15) is 9.96 Å². The lowest BCUT2D eigenvalue weighted by molar-refractivity contribution is -0.119. The van der Waals surface area contributed by atoms with E-state index in [9.17, 15) is 21.6 Å². The van der Waals surface area contributed by atoms with E-state index in [1.807, 2.05) is 0 Å². The minimum absolute atomic E-state index is 0.00767. The van der Waals surface area contributed by atoms with Crippen LogP contribution < -0.4 is 10.5 Å². The molecule has 0 aliphatic heterocycles. The standard InChI is InChI=1S/C9H14N2O5S3/c1-6(11-8(12)5-18(2,13)14)7-3-4-9(17-7)19(10,15)16/h3-4,6H,5H2,1-2H3,(H,11,12)(H2,10,15,16). The van der Waals surface area contributed by atoms with Crippen LogP contribution in [-0.2, 0) is 24.7 Å². The summed E-state index contributed by atoms with van der Waals surface area (Å²) in [5.74, 6) is -1.24. The molecule has 7 nitrogen and oxygen atoms in total. The van der Waals surface area contributed by atoms with Crippen LogP contribution in [0.25, 0.3) is 0 Å². The van der Waals surface area contributed by atoms with Crippen molar-refractivity contribution >= 4 is 37.1 Å². The molecule has 0 bridgehead atoms. The molecule has 0 spiro atoms. The monoisotopic (exact) mass is 326 g/mol. The highest BCUT2D eigenvalue weighted by Crippen LogP contribution is 2.25. The topological polar surface area (TPSA) is 123 Å². The van der Waals surface area contributed by atoms with Crippen LogP contribution in [-0.4, -0.2) is 34.8 Å². The van der Waals surface area contributed by atoms with E-state index in [1.54, 1.807) is 6.92 Å². The molecule has 1 heterocycles. The molecule has 3 N–H and O–H groups in total. The number of nitrogens with one attached hydrogen (secondary N) is 1. The molecule has 1 atom stereocenters. The Balaban J connectivity index is 2.77. The summed E-state index contributed by atoms with van der Waals surface area (Å²) in [5.41, 5.74) is 0. The smallest absolute Gasteiger partial charge is 0.247 e. The minimum atomic E-state index is -3.76. The van der Waals surface area contributed by atoms with Crippen LogP contribution in [0, 0.1) is 0 Å². The third-order valence-electron chi connectivity index (χ3n) is 2.08. The van der Waals surface area contributed by atoms with Crippen molar-refractivity contribution in [2.24, 2.45) is 5.14 Å². The third-order valence-corrected chi connectivity index (χ3v) is 5.57. The average Bonchev–Trinajstić information content (AvgIpc) is 2.61. The van der Waals surface area contributed by atoms with Crippen molar-refractivity contribution in [3.8, 4) is 0 Å². The van der Waals surface area contributed by atoms with Gasteiger partial charge < -0.3 is 5.32 Å². The quantitative estimate of drug-likeness (QED) is 0.763. The Morgan fingerprint density at radius 3 is 2.37 bits per heavy atom. The van der Waals surface area contributed by atoms with Crippen molar-refractivity contribution in [3.05, 3.63) is 17.0 Å². The number of carbonyl (C=O) groups excluding carboxylic acids is 1. The number of thiophene rings is 1. The van der Waals surface area contributed by atoms with Crippen molar-refractivity contribution in [2.45, 2.75) is 17.2 Å². The number of rotatable bonds is 5. The Hall–Kier alpha value is -0.970. The highest BCUT2D eigenvalue weighted by molar-refractivity contribution is 7.91. The maximum atomic E-state index is 11.4. The van der Waals surface area contributed by atoms with Gasteiger partial charge in [-0.15, -0.1) is 11.3 Å². The fourth-order valence-corrected chi connectivity index (χ4v) is 3.62. The number of carbonyl (C=O) groups is 1. The van der Waals surface area contributed by atoms with Gasteiger partial charge in [-0.25, -0.2) is 22.0 Å². The van der Waals surface area contributed by atoms with Gasteiger partial charge in [-0.05, 0) is 19.1 Å². The summed E-state index contributed by atoms with van der Waals surface area (Å²) >= 11 is 0.931. The zero-order valence-electron chi connectivity index (χ0n) is 10.3. The van der Waals surface area contributed by atoms with Crippen molar-refractivity contribution < 1.29 is 21.6 Å². The highest BCUT2D eigenvalue weighted by Gasteiger charge is 2.18. The molecule has 0 aliphatic rings. The summed E-state index contributed by atoms with van der Waals surface area (Å²) < 4.78 is 44.1. The lowest BCUT2D eigenvalue weighted by atomic mass is 10.3. The maximum Gasteiger partial charge on any atom is 0.247 e. The van der Waals surface area contributed by atoms with Crippen molar-refractivity contribution in [2.75, 3.05) is 12.0 Å². The molecule has 1 aromatic heterocycles. The van der Waals surface area contributed by atoms with Gasteiger partial charge in [0.2, 0.25) is 15.9 Å². The molecule has 1 aromatic rings. The Kier molecular flexibility index (Phi) is 4.72. The summed E-state index contributed by atoms with van der Waals surface area (Å²) in [5, 5.41) is 7.44. The first-order valence-corrected chi connectivity index (χ1v) is 9.51. The molecular weight excluding hydrogens is 312 g/mol. The van der Waals surface area contributed by atoms with Gasteiger partial charge in [0, 0.05) is 11.1 Å². The van der Waals surface area contributed by atoms with Crippen LogP contribution in [0.2, 0.25) is 0 Å². The summed E-state index contributed by atoms with van der Waals surface area (Å²) in [7, 11) is -7.16. The van der Waals surface area contributed by atoms with Crippen LogP contribution in [0.15, 0.2) is 16.3 Å². The van der Waals surface area contributed by atoms with Gasteiger partial charge in [-0.1, -0.05) is 0 Å². The molecule has 0 radical (unpaired) electrons. The minimum Gasteiger partial charge on any atom is -0.348 e. The van der Waals surface area contributed by atoms with Gasteiger partial charge in [0.25, 0.3) is 0 Å². The second-order valence-electron chi connectivity index (χ2n) is 4.06. The summed E-state index contributed by atoms with van der Waals surface area (Å²) in [4.78, 5) is 12.0. The van der Waals surface area contributed by atoms with Crippen LogP contribution in [0.5, 0.6) is 0 Å². The molecule has 1 unspecified atom stereocenters. The van der Waals surface area contributed by atoms with Crippen LogP contribution in [0.3, 0.4) is 0 Å². The normalized spacial score (nSPS) is 14.1. The number of amides is 1. The van der Waals surface area contributed by atoms with Gasteiger partial charge >= 0.3 is 0 Å². The average molecular weight is 326 g/mol. The lowest BCUT2D eigenvalue weighted by Gasteiger charge is -2.11. The molecule has 0 saturated heterocycles. The van der Waals surface area contributed by atoms with Gasteiger partial charge in [0.05, 0.1) is 6.04 Å². The molecule has 0 aromatic carbocycles. The van der Waals surface area contributed by atoms with E-state index in [2.05, 4.69) is 5.32 Å². The number of sulfonamides is 1. The molecule has 108 valence electrons. The van der Waals surface area contributed by atoms with Crippen LogP contribution in [0.4, 0.5) is 0 Å². The molecule has 0 saturated carbocycles. The van der Waals surface area contributed by atoms with Crippen LogP contribution >= 0.6 is 11.3 Å². The van der Waals surface area contributed by atoms with E-state index in [1.165, 1.54) is 12.1 Å². The zero-order chi connectivity index (χ0) is 14.8. The number of primary sulfonamides is 1. The molecule has 0 aliphatic carbocycles. The first kappa shape index (κ1) is 16.1. The number of nitrogens with two attached hydrogens (primary N) is 1. The number of hydrogen-bond donors (Lipinski definition) is 2. The Morgan fingerprint density at radius 2 is 1.95 bits per heavy atom. The molecule has 1 amide bonds. The molecule has 10 heteroatoms. The van der Waals surface area contributed by atoms with E-state index in [0.29, 0.717) is 4.88 Å². The Morgan fingerprint density at radius 1 is 1.37 bits per heavy atom. The van der Waals surface area contributed by atoms with E-state index in [4.69, 9.17) is 5.14 Å². The molecule has 19 heavy (non-hydrogen) atoms. The van der Waals surface area contributed by atoms with Crippen molar-refractivity contribution in [1.29, 1.82) is 0 Å². The first-order chi connectivity index (χ1) is 8.49. The van der Waals surface area contributed by atoms with E-state index in [0.717, 1.165) is 17.6 Å². The highest BCUT2D eigenvalue weighted by atomic mass is 32.2. The summed E-state index contributed by atoms with van der Waals surface area (Å²) in [6, 6.07) is 2.37. The SMILES string of the molecule is CC(NC(=O)CS(C)(=O)=O)c1ccc(S(N)(=O)=O)s1. The second kappa shape index (κ2) is 5.57. The van der Waals surface area contributed by atoms with E-state index >= 15 is 0 Å². The van der Waals surface area contributed by atoms with E-state index in [-0.39, 0.29) is 4.21 Å². The van der Waals surface area contributed by atoms with Crippen LogP contribution in [0.1, 0.15) is 17.8 Å². The lowest BCUT2D eigenvalue weighted by Crippen LogP contribution is -2.31.